The van der Waals surface area contributed by atoms with Crippen molar-refractivity contribution in [3.05, 3.63) is 60.2 Å². The highest BCUT2D eigenvalue weighted by atomic mass is 16.2. The third-order valence-electron chi connectivity index (χ3n) is 2.15. The van der Waals surface area contributed by atoms with Gasteiger partial charge in [0.2, 0.25) is 0 Å². The fraction of sp³-hybridized carbons (Fsp3) is 0. The van der Waals surface area contributed by atoms with E-state index >= 15 is 0 Å². The van der Waals surface area contributed by atoms with E-state index in [2.05, 4.69) is 20.5 Å². The van der Waals surface area contributed by atoms with Crippen LogP contribution in [0, 0.1) is 0 Å². The van der Waals surface area contributed by atoms with Gasteiger partial charge >= 0.3 is 0 Å². The highest BCUT2D eigenvalue weighted by Gasteiger charge is 2.04. The van der Waals surface area contributed by atoms with Crippen LogP contribution in [0.4, 0.5) is 0 Å². The van der Waals surface area contributed by atoms with Crippen LogP contribution in [0.5, 0.6) is 0 Å². The number of hydrogen-bond donors (Lipinski definition) is 2. The summed E-state index contributed by atoms with van der Waals surface area (Å²) in [5, 5.41) is 3.78. The summed E-state index contributed by atoms with van der Waals surface area (Å²) in [5.74, 6) is -0.200. The molecule has 2 heterocycles. The molecule has 6 nitrogen and oxygen atoms in total. The molecule has 2 aromatic rings. The Hall–Kier alpha value is -2.76. The van der Waals surface area contributed by atoms with Crippen LogP contribution in [0.25, 0.3) is 0 Å². The van der Waals surface area contributed by atoms with Crippen molar-refractivity contribution >= 4 is 11.7 Å². The normalized spacial score (nSPS) is 11.0. The zero-order chi connectivity index (χ0) is 12.8. The lowest BCUT2D eigenvalue weighted by atomic mass is 10.3. The van der Waals surface area contributed by atoms with Gasteiger partial charge in [0.1, 0.15) is 5.69 Å². The molecule has 1 amide bonds. The second-order valence-electron chi connectivity index (χ2n) is 3.39. The molecule has 0 bridgehead atoms. The van der Waals surface area contributed by atoms with Crippen molar-refractivity contribution in [1.82, 2.24) is 15.4 Å². The number of aromatic nitrogens is 2. The van der Waals surface area contributed by atoms with Gasteiger partial charge in [-0.05, 0) is 24.3 Å². The first kappa shape index (κ1) is 11.7. The van der Waals surface area contributed by atoms with E-state index in [0.29, 0.717) is 11.3 Å². The molecule has 0 aromatic carbocycles. The fourth-order valence-corrected chi connectivity index (χ4v) is 1.25. The average Bonchev–Trinajstić information content (AvgIpc) is 2.46. The summed E-state index contributed by atoms with van der Waals surface area (Å²) in [5.41, 5.74) is 9.00. The monoisotopic (exact) mass is 241 g/mol. The molecule has 0 saturated heterocycles. The molecule has 2 aromatic heterocycles. The minimum Gasteiger partial charge on any atom is -0.380 e. The summed E-state index contributed by atoms with van der Waals surface area (Å²) < 4.78 is 0. The third kappa shape index (κ3) is 2.88. The molecule has 3 N–H and O–H groups in total. The van der Waals surface area contributed by atoms with Gasteiger partial charge in [-0.15, -0.1) is 0 Å². The van der Waals surface area contributed by atoms with Crippen LogP contribution >= 0.6 is 0 Å². The minimum absolute atomic E-state index is 0.151. The number of nitrogens with two attached hydrogens (primary N) is 1. The van der Waals surface area contributed by atoms with Crippen molar-refractivity contribution in [2.75, 3.05) is 0 Å². The molecule has 6 heteroatoms. The van der Waals surface area contributed by atoms with Crippen molar-refractivity contribution < 1.29 is 4.79 Å². The van der Waals surface area contributed by atoms with E-state index in [1.54, 1.807) is 36.5 Å². The molecular formula is C12H11N5O. The average molecular weight is 241 g/mol. The van der Waals surface area contributed by atoms with Crippen molar-refractivity contribution in [3.63, 3.8) is 0 Å². The standard InChI is InChI=1S/C12H11N5O/c13-11(10-3-1-2-6-15-10)16-17-12(18)9-4-7-14-8-5-9/h1-8H,(H2,13,16)(H,17,18). The topological polar surface area (TPSA) is 93.3 Å². The van der Waals surface area contributed by atoms with E-state index in [4.69, 9.17) is 5.73 Å². The lowest BCUT2D eigenvalue weighted by molar-refractivity contribution is 0.0954. The molecule has 0 radical (unpaired) electrons. The molecule has 18 heavy (non-hydrogen) atoms. The van der Waals surface area contributed by atoms with E-state index in [9.17, 15) is 4.79 Å². The summed E-state index contributed by atoms with van der Waals surface area (Å²) in [6, 6.07) is 8.43. The molecule has 90 valence electrons. The molecule has 0 atom stereocenters. The second kappa shape index (κ2) is 5.53. The first-order valence-corrected chi connectivity index (χ1v) is 5.22. The zero-order valence-corrected chi connectivity index (χ0v) is 9.45. The van der Waals surface area contributed by atoms with Crippen LogP contribution in [-0.4, -0.2) is 21.7 Å². The molecule has 0 unspecified atom stereocenters. The number of hydrogen-bond acceptors (Lipinski definition) is 4. The van der Waals surface area contributed by atoms with Gasteiger partial charge in [0, 0.05) is 24.2 Å². The van der Waals surface area contributed by atoms with Crippen molar-refractivity contribution in [1.29, 1.82) is 0 Å². The Labute approximate surface area is 104 Å². The maximum atomic E-state index is 11.7. The molecular weight excluding hydrogens is 230 g/mol. The largest absolute Gasteiger partial charge is 0.380 e. The van der Waals surface area contributed by atoms with Crippen LogP contribution in [0.15, 0.2) is 54.0 Å². The van der Waals surface area contributed by atoms with E-state index in [1.165, 1.54) is 12.4 Å². The van der Waals surface area contributed by atoms with Crippen LogP contribution in [-0.2, 0) is 0 Å². The quantitative estimate of drug-likeness (QED) is 0.465. The van der Waals surface area contributed by atoms with Crippen molar-refractivity contribution in [3.8, 4) is 0 Å². The maximum absolute atomic E-state index is 11.7. The summed E-state index contributed by atoms with van der Waals surface area (Å²) in [7, 11) is 0. The molecule has 2 rings (SSSR count). The number of hydrazone groups is 1. The van der Waals surface area contributed by atoms with Crippen molar-refractivity contribution in [2.24, 2.45) is 10.8 Å². The predicted octanol–water partition coefficient (Wildman–Crippen LogP) is 0.527. The summed E-state index contributed by atoms with van der Waals surface area (Å²) in [6.45, 7) is 0. The van der Waals surface area contributed by atoms with Crippen LogP contribution in [0.1, 0.15) is 16.1 Å². The Morgan fingerprint density at radius 2 is 1.94 bits per heavy atom. The van der Waals surface area contributed by atoms with E-state index in [-0.39, 0.29) is 11.7 Å². The Morgan fingerprint density at radius 1 is 1.17 bits per heavy atom. The van der Waals surface area contributed by atoms with Crippen molar-refractivity contribution in [2.45, 2.75) is 0 Å². The smallest absolute Gasteiger partial charge is 0.271 e. The molecule has 0 aliphatic rings. The summed E-state index contributed by atoms with van der Waals surface area (Å²) >= 11 is 0. The number of pyridine rings is 2. The van der Waals surface area contributed by atoms with Gasteiger partial charge in [-0.2, -0.15) is 5.10 Å². The second-order valence-corrected chi connectivity index (χ2v) is 3.39. The first-order valence-electron chi connectivity index (χ1n) is 5.22. The highest BCUT2D eigenvalue weighted by Crippen LogP contribution is 1.96. The van der Waals surface area contributed by atoms with Gasteiger partial charge in [-0.25, -0.2) is 5.43 Å². The molecule has 0 saturated carbocycles. The van der Waals surface area contributed by atoms with Crippen LogP contribution in [0.3, 0.4) is 0 Å². The van der Waals surface area contributed by atoms with Gasteiger partial charge in [0.05, 0.1) is 0 Å². The Balaban J connectivity index is 2.05. The Morgan fingerprint density at radius 3 is 2.61 bits per heavy atom. The minimum atomic E-state index is -0.351. The van der Waals surface area contributed by atoms with Gasteiger partial charge in [0.15, 0.2) is 5.84 Å². The lowest BCUT2D eigenvalue weighted by Gasteiger charge is -2.01. The number of carbonyl (C=O) groups excluding carboxylic acids is 1. The summed E-state index contributed by atoms with van der Waals surface area (Å²) in [6.07, 6.45) is 4.66. The van der Waals surface area contributed by atoms with Gasteiger partial charge in [-0.1, -0.05) is 6.07 Å². The molecule has 0 spiro atoms. The SMILES string of the molecule is N/C(=N\NC(=O)c1ccncc1)c1ccccn1. The number of nitrogens with zero attached hydrogens (tertiary/aromatic N) is 3. The van der Waals surface area contributed by atoms with E-state index < -0.39 is 0 Å². The summed E-state index contributed by atoms with van der Waals surface area (Å²) in [4.78, 5) is 19.5. The van der Waals surface area contributed by atoms with E-state index in [0.717, 1.165) is 0 Å². The molecule has 0 fully saturated rings. The zero-order valence-electron chi connectivity index (χ0n) is 9.45. The molecule has 0 aliphatic heterocycles. The van der Waals surface area contributed by atoms with Gasteiger partial charge < -0.3 is 5.73 Å². The Kier molecular flexibility index (Phi) is 3.60. The number of carbonyl (C=O) groups is 1. The van der Waals surface area contributed by atoms with Gasteiger partial charge in [0.25, 0.3) is 5.91 Å². The van der Waals surface area contributed by atoms with Crippen LogP contribution < -0.4 is 11.2 Å². The molecule has 0 aliphatic carbocycles. The van der Waals surface area contributed by atoms with Gasteiger partial charge in [-0.3, -0.25) is 14.8 Å². The van der Waals surface area contributed by atoms with E-state index in [1.807, 2.05) is 0 Å². The predicted molar refractivity (Wildman–Crippen MR) is 66.7 cm³/mol. The maximum Gasteiger partial charge on any atom is 0.271 e. The number of nitrogens with one attached hydrogen (secondary N) is 1. The number of amidine groups is 1. The number of rotatable bonds is 3. The third-order valence-corrected chi connectivity index (χ3v) is 2.15. The fourth-order valence-electron chi connectivity index (χ4n) is 1.25. The highest BCUT2D eigenvalue weighted by molar-refractivity contribution is 5.98. The lowest BCUT2D eigenvalue weighted by Crippen LogP contribution is -2.24. The van der Waals surface area contributed by atoms with Crippen LogP contribution in [0.2, 0.25) is 0 Å². The first-order chi connectivity index (χ1) is 8.77. The Bertz CT molecular complexity index is 553. The number of amides is 1.